The first-order chi connectivity index (χ1) is 9.01. The minimum Gasteiger partial charge on any atom is -0.385 e. The molecule has 5 heteroatoms. The zero-order valence-electron chi connectivity index (χ0n) is 12.0. The van der Waals surface area contributed by atoms with Crippen LogP contribution in [0.25, 0.3) is 0 Å². The number of benzene rings is 1. The summed E-state index contributed by atoms with van der Waals surface area (Å²) in [7, 11) is -1.94. The van der Waals surface area contributed by atoms with Gasteiger partial charge in [-0.1, -0.05) is 32.3 Å². The number of unbranched alkanes of at least 4 members (excludes halogenated alkanes) is 3. The standard InChI is InChI=1S/C14H24N2O2S/c1-4-5-6-7-10-16-14-11-13(9-8-12(14)2)19(17,18)15-3/h8-9,11,15-16H,4-7,10H2,1-3H3. The topological polar surface area (TPSA) is 58.2 Å². The molecule has 0 radical (unpaired) electrons. The van der Waals surface area contributed by atoms with Crippen molar-refractivity contribution in [2.45, 2.75) is 44.4 Å². The molecule has 0 heterocycles. The van der Waals surface area contributed by atoms with E-state index in [9.17, 15) is 8.42 Å². The summed E-state index contributed by atoms with van der Waals surface area (Å²) in [6.07, 6.45) is 4.77. The molecule has 19 heavy (non-hydrogen) atoms. The fourth-order valence-corrected chi connectivity index (χ4v) is 2.61. The van der Waals surface area contributed by atoms with Gasteiger partial charge in [0.25, 0.3) is 0 Å². The van der Waals surface area contributed by atoms with Crippen LogP contribution < -0.4 is 10.0 Å². The zero-order valence-corrected chi connectivity index (χ0v) is 12.8. The van der Waals surface area contributed by atoms with E-state index in [-0.39, 0.29) is 0 Å². The van der Waals surface area contributed by atoms with Crippen molar-refractivity contribution in [3.05, 3.63) is 23.8 Å². The van der Waals surface area contributed by atoms with Crippen LogP contribution in [0.3, 0.4) is 0 Å². The van der Waals surface area contributed by atoms with Crippen LogP contribution in [0, 0.1) is 6.92 Å². The van der Waals surface area contributed by atoms with Crippen LogP contribution in [0.1, 0.15) is 38.2 Å². The Morgan fingerprint density at radius 3 is 2.53 bits per heavy atom. The summed E-state index contributed by atoms with van der Waals surface area (Å²) in [5.74, 6) is 0. The van der Waals surface area contributed by atoms with Crippen molar-refractivity contribution in [1.29, 1.82) is 0 Å². The average molecular weight is 284 g/mol. The molecule has 0 aliphatic rings. The Labute approximate surface area is 116 Å². The van der Waals surface area contributed by atoms with Gasteiger partial charge >= 0.3 is 0 Å². The van der Waals surface area contributed by atoms with Crippen LogP contribution in [-0.4, -0.2) is 22.0 Å². The van der Waals surface area contributed by atoms with Crippen molar-refractivity contribution in [3.63, 3.8) is 0 Å². The third-order valence-corrected chi connectivity index (χ3v) is 4.55. The van der Waals surface area contributed by atoms with Gasteiger partial charge in [0.1, 0.15) is 0 Å². The van der Waals surface area contributed by atoms with Crippen molar-refractivity contribution in [2.75, 3.05) is 18.9 Å². The molecule has 0 aliphatic carbocycles. The highest BCUT2D eigenvalue weighted by Crippen LogP contribution is 2.20. The van der Waals surface area contributed by atoms with E-state index in [2.05, 4.69) is 17.0 Å². The van der Waals surface area contributed by atoms with Crippen LogP contribution >= 0.6 is 0 Å². The predicted octanol–water partition coefficient (Wildman–Crippen LogP) is 2.90. The van der Waals surface area contributed by atoms with Gasteiger partial charge in [-0.15, -0.1) is 0 Å². The van der Waals surface area contributed by atoms with Crippen molar-refractivity contribution in [1.82, 2.24) is 4.72 Å². The first-order valence-electron chi connectivity index (χ1n) is 6.79. The monoisotopic (exact) mass is 284 g/mol. The molecule has 0 spiro atoms. The lowest BCUT2D eigenvalue weighted by molar-refractivity contribution is 0.588. The van der Waals surface area contributed by atoms with E-state index in [1.807, 2.05) is 13.0 Å². The SMILES string of the molecule is CCCCCCNc1cc(S(=O)(=O)NC)ccc1C. The molecule has 0 aromatic heterocycles. The molecule has 0 saturated carbocycles. The van der Waals surface area contributed by atoms with E-state index in [4.69, 9.17) is 0 Å². The summed E-state index contributed by atoms with van der Waals surface area (Å²) in [6.45, 7) is 5.04. The largest absolute Gasteiger partial charge is 0.385 e. The van der Waals surface area contributed by atoms with E-state index in [1.54, 1.807) is 12.1 Å². The molecule has 0 saturated heterocycles. The summed E-state index contributed by atoms with van der Waals surface area (Å²) in [4.78, 5) is 0.302. The molecule has 108 valence electrons. The summed E-state index contributed by atoms with van der Waals surface area (Å²) in [6, 6.07) is 5.16. The Morgan fingerprint density at radius 2 is 1.89 bits per heavy atom. The minimum atomic E-state index is -3.37. The van der Waals surface area contributed by atoms with Crippen LogP contribution in [0.2, 0.25) is 0 Å². The van der Waals surface area contributed by atoms with Crippen LogP contribution in [-0.2, 0) is 10.0 Å². The molecule has 0 amide bonds. The summed E-state index contributed by atoms with van der Waals surface area (Å²) >= 11 is 0. The van der Waals surface area contributed by atoms with Gasteiger partial charge < -0.3 is 5.32 Å². The third-order valence-electron chi connectivity index (χ3n) is 3.13. The van der Waals surface area contributed by atoms with Gasteiger partial charge in [-0.3, -0.25) is 0 Å². The maximum Gasteiger partial charge on any atom is 0.240 e. The molecule has 0 fully saturated rings. The maximum atomic E-state index is 11.7. The molecule has 1 rings (SSSR count). The van der Waals surface area contributed by atoms with Crippen LogP contribution in [0.15, 0.2) is 23.1 Å². The Morgan fingerprint density at radius 1 is 1.16 bits per heavy atom. The molecule has 0 bridgehead atoms. The molecule has 0 atom stereocenters. The third kappa shape index (κ3) is 4.84. The van der Waals surface area contributed by atoms with E-state index < -0.39 is 10.0 Å². The number of sulfonamides is 1. The molecule has 4 nitrogen and oxygen atoms in total. The molecule has 1 aromatic rings. The molecule has 0 aliphatic heterocycles. The lowest BCUT2D eigenvalue weighted by atomic mass is 10.2. The second-order valence-corrected chi connectivity index (χ2v) is 6.56. The van der Waals surface area contributed by atoms with E-state index in [1.165, 1.54) is 26.3 Å². The lowest BCUT2D eigenvalue weighted by Crippen LogP contribution is -2.18. The van der Waals surface area contributed by atoms with Gasteiger partial charge in [0.2, 0.25) is 10.0 Å². The number of rotatable bonds is 8. The average Bonchev–Trinajstić information content (AvgIpc) is 2.40. The van der Waals surface area contributed by atoms with Gasteiger partial charge in [0, 0.05) is 12.2 Å². The van der Waals surface area contributed by atoms with Crippen LogP contribution in [0.4, 0.5) is 5.69 Å². The van der Waals surface area contributed by atoms with Gasteiger partial charge in [-0.05, 0) is 38.1 Å². The Balaban J connectivity index is 2.70. The zero-order chi connectivity index (χ0) is 14.3. The number of hydrogen-bond donors (Lipinski definition) is 2. The summed E-state index contributed by atoms with van der Waals surface area (Å²) in [5.41, 5.74) is 1.96. The van der Waals surface area contributed by atoms with Crippen molar-refractivity contribution in [2.24, 2.45) is 0 Å². The van der Waals surface area contributed by atoms with Gasteiger partial charge in [0.05, 0.1) is 4.90 Å². The van der Waals surface area contributed by atoms with E-state index in [0.717, 1.165) is 24.2 Å². The molecular weight excluding hydrogens is 260 g/mol. The van der Waals surface area contributed by atoms with Crippen LogP contribution in [0.5, 0.6) is 0 Å². The fraction of sp³-hybridized carbons (Fsp3) is 0.571. The van der Waals surface area contributed by atoms with Crippen molar-refractivity contribution in [3.8, 4) is 0 Å². The number of anilines is 1. The second kappa shape index (κ2) is 7.50. The normalized spacial score (nSPS) is 11.5. The second-order valence-electron chi connectivity index (χ2n) is 4.67. The summed E-state index contributed by atoms with van der Waals surface area (Å²) < 4.78 is 25.8. The molecular formula is C14H24N2O2S. The quantitative estimate of drug-likeness (QED) is 0.722. The highest BCUT2D eigenvalue weighted by Gasteiger charge is 2.12. The highest BCUT2D eigenvalue weighted by molar-refractivity contribution is 7.89. The van der Waals surface area contributed by atoms with Gasteiger partial charge in [-0.25, -0.2) is 13.1 Å². The Kier molecular flexibility index (Phi) is 6.31. The highest BCUT2D eigenvalue weighted by atomic mass is 32.2. The molecule has 0 unspecified atom stereocenters. The van der Waals surface area contributed by atoms with Gasteiger partial charge in [0.15, 0.2) is 0 Å². The smallest absolute Gasteiger partial charge is 0.240 e. The molecule has 2 N–H and O–H groups in total. The predicted molar refractivity (Wildman–Crippen MR) is 80.1 cm³/mol. The number of hydrogen-bond acceptors (Lipinski definition) is 3. The number of nitrogens with one attached hydrogen (secondary N) is 2. The molecule has 1 aromatic carbocycles. The lowest BCUT2D eigenvalue weighted by Gasteiger charge is -2.11. The van der Waals surface area contributed by atoms with E-state index in [0.29, 0.717) is 4.90 Å². The summed E-state index contributed by atoms with van der Waals surface area (Å²) in [5, 5.41) is 3.32. The van der Waals surface area contributed by atoms with E-state index >= 15 is 0 Å². The fourth-order valence-electron chi connectivity index (χ4n) is 1.85. The number of aryl methyl sites for hydroxylation is 1. The van der Waals surface area contributed by atoms with Crippen molar-refractivity contribution >= 4 is 15.7 Å². The Hall–Kier alpha value is -1.07. The first kappa shape index (κ1) is 16.0. The van der Waals surface area contributed by atoms with Gasteiger partial charge in [-0.2, -0.15) is 0 Å². The van der Waals surface area contributed by atoms with Crippen molar-refractivity contribution < 1.29 is 8.42 Å². The first-order valence-corrected chi connectivity index (χ1v) is 8.27. The Bertz CT molecular complexity index is 498. The maximum absolute atomic E-state index is 11.7. The minimum absolute atomic E-state index is 0.302.